The Hall–Kier alpha value is -2.89. The fourth-order valence-electron chi connectivity index (χ4n) is 6.56. The largest absolute Gasteiger partial charge is 0.434 e. The van der Waals surface area contributed by atoms with Crippen LogP contribution in [0.2, 0.25) is 0 Å². The summed E-state index contributed by atoms with van der Waals surface area (Å²) < 4.78 is 26.4. The number of likely N-dealkylation sites (N-methyl/N-ethyl adjacent to an activating group) is 1. The first-order chi connectivity index (χ1) is 20.5. The van der Waals surface area contributed by atoms with Crippen LogP contribution in [0.25, 0.3) is 0 Å². The molecule has 43 heavy (non-hydrogen) atoms. The van der Waals surface area contributed by atoms with Crippen molar-refractivity contribution < 1.29 is 18.7 Å². The van der Waals surface area contributed by atoms with Crippen LogP contribution in [0.3, 0.4) is 0 Å². The van der Waals surface area contributed by atoms with Crippen molar-refractivity contribution in [2.45, 2.75) is 72.6 Å². The summed E-state index contributed by atoms with van der Waals surface area (Å²) in [4.78, 5) is 26.7. The number of rotatable bonds is 14. The van der Waals surface area contributed by atoms with Gasteiger partial charge in [0, 0.05) is 63.9 Å². The molecule has 0 bridgehead atoms. The van der Waals surface area contributed by atoms with E-state index in [9.17, 15) is 9.18 Å². The van der Waals surface area contributed by atoms with Gasteiger partial charge in [0.25, 0.3) is 11.8 Å². The van der Waals surface area contributed by atoms with E-state index < -0.39 is 5.82 Å². The van der Waals surface area contributed by atoms with Crippen molar-refractivity contribution >= 4 is 11.7 Å². The van der Waals surface area contributed by atoms with Gasteiger partial charge in [-0.3, -0.25) is 9.69 Å². The average molecular weight is 600 g/mol. The summed E-state index contributed by atoms with van der Waals surface area (Å²) in [6, 6.07) is 4.40. The Morgan fingerprint density at radius 2 is 1.88 bits per heavy atom. The van der Waals surface area contributed by atoms with E-state index >= 15 is 0 Å². The average Bonchev–Trinajstić information content (AvgIpc) is 3.41. The zero-order valence-corrected chi connectivity index (χ0v) is 27.2. The maximum atomic E-state index is 14.3. The Kier molecular flexibility index (Phi) is 10.9. The zero-order valence-electron chi connectivity index (χ0n) is 27.2. The number of aromatic nitrogens is 3. The summed E-state index contributed by atoms with van der Waals surface area (Å²) >= 11 is 0. The third-order valence-electron chi connectivity index (χ3n) is 9.12. The maximum Gasteiger partial charge on any atom is 0.282 e. The Morgan fingerprint density at radius 3 is 2.51 bits per heavy atom. The van der Waals surface area contributed by atoms with Crippen LogP contribution in [-0.2, 0) is 4.74 Å². The Bertz CT molecular complexity index is 1220. The summed E-state index contributed by atoms with van der Waals surface area (Å²) in [5.41, 5.74) is 0.326. The van der Waals surface area contributed by atoms with E-state index in [1.807, 2.05) is 27.9 Å². The van der Waals surface area contributed by atoms with Crippen LogP contribution in [0, 0.1) is 17.2 Å². The van der Waals surface area contributed by atoms with Gasteiger partial charge in [0.1, 0.15) is 17.9 Å². The first-order valence-corrected chi connectivity index (χ1v) is 15.7. The summed E-state index contributed by atoms with van der Waals surface area (Å²) in [6.07, 6.45) is 3.68. The van der Waals surface area contributed by atoms with Crippen molar-refractivity contribution in [1.29, 1.82) is 0 Å². The molecule has 238 valence electrons. The van der Waals surface area contributed by atoms with E-state index in [1.54, 1.807) is 4.90 Å². The van der Waals surface area contributed by atoms with Gasteiger partial charge >= 0.3 is 0 Å². The van der Waals surface area contributed by atoms with Gasteiger partial charge < -0.3 is 24.2 Å². The molecule has 4 rings (SSSR count). The Balaban J connectivity index is 1.47. The number of nitrogens with zero attached hydrogens (tertiary/aromatic N) is 7. The molecular formula is C32H50FN7O3. The maximum absolute atomic E-state index is 14.3. The molecule has 2 fully saturated rings. The number of carbonyl (C=O) groups is 1. The van der Waals surface area contributed by atoms with Gasteiger partial charge in [0.2, 0.25) is 0 Å². The third kappa shape index (κ3) is 7.61. The Labute approximate surface area is 256 Å². The van der Waals surface area contributed by atoms with Crippen molar-refractivity contribution in [3.05, 3.63) is 35.9 Å². The van der Waals surface area contributed by atoms with Crippen molar-refractivity contribution in [2.75, 3.05) is 64.9 Å². The predicted octanol–water partition coefficient (Wildman–Crippen LogP) is 4.57. The molecule has 2 saturated heterocycles. The minimum atomic E-state index is -0.502. The number of anilines is 1. The number of benzene rings is 1. The normalized spacial score (nSPS) is 18.0. The lowest BCUT2D eigenvalue weighted by Crippen LogP contribution is -2.62. The van der Waals surface area contributed by atoms with E-state index in [-0.39, 0.29) is 40.7 Å². The molecule has 0 unspecified atom stereocenters. The minimum absolute atomic E-state index is 0.0430. The molecule has 11 heteroatoms. The van der Waals surface area contributed by atoms with E-state index in [0.29, 0.717) is 24.3 Å². The lowest BCUT2D eigenvalue weighted by molar-refractivity contribution is -0.0534. The lowest BCUT2D eigenvalue weighted by Gasteiger charge is -2.53. The van der Waals surface area contributed by atoms with Crippen molar-refractivity contribution in [3.8, 4) is 11.6 Å². The van der Waals surface area contributed by atoms with Crippen LogP contribution in [-0.4, -0.2) is 114 Å². The van der Waals surface area contributed by atoms with Crippen LogP contribution in [0.15, 0.2) is 24.5 Å². The molecule has 1 aromatic carbocycles. The topological polar surface area (TPSA) is 87.2 Å². The van der Waals surface area contributed by atoms with E-state index in [0.717, 1.165) is 52.1 Å². The smallest absolute Gasteiger partial charge is 0.282 e. The molecule has 3 heterocycles. The molecule has 0 aliphatic carbocycles. The molecular weight excluding hydrogens is 549 g/mol. The lowest BCUT2D eigenvalue weighted by atomic mass is 9.76. The molecule has 1 aromatic heterocycles. The van der Waals surface area contributed by atoms with Gasteiger partial charge in [0.15, 0.2) is 5.82 Å². The van der Waals surface area contributed by atoms with Crippen molar-refractivity contribution in [1.82, 2.24) is 29.9 Å². The molecule has 1 amide bonds. The molecule has 2 aromatic rings. The highest BCUT2D eigenvalue weighted by molar-refractivity contribution is 5.97. The van der Waals surface area contributed by atoms with E-state index in [2.05, 4.69) is 57.7 Å². The number of hydrogen-bond acceptors (Lipinski definition) is 9. The molecule has 2 aliphatic heterocycles. The zero-order chi connectivity index (χ0) is 31.3. The predicted molar refractivity (Wildman–Crippen MR) is 166 cm³/mol. The monoisotopic (exact) mass is 599 g/mol. The second-order valence-electron chi connectivity index (χ2n) is 12.9. The standard InChI is InChI=1S/C32H50FN7O3/c1-9-37(7)17-25(42-8)16-27(22(3)4)39-19-32(20-39)13-14-38(18-32)29-30(36-35-21-34-29)43-28-12-11-24(33)15-26(28)31(41)40(10-2)23(5)6/h11-12,15,21-23,25,27H,9-10,13-14,16-20H2,1-8H3/t25-,27-/m1/s1. The van der Waals surface area contributed by atoms with Gasteiger partial charge in [-0.2, -0.15) is 0 Å². The summed E-state index contributed by atoms with van der Waals surface area (Å²) in [5, 5.41) is 8.21. The first-order valence-electron chi connectivity index (χ1n) is 15.7. The van der Waals surface area contributed by atoms with Crippen LogP contribution in [0.1, 0.15) is 64.7 Å². The number of ether oxygens (including phenoxy) is 2. The van der Waals surface area contributed by atoms with Gasteiger partial charge in [-0.15, -0.1) is 10.2 Å². The van der Waals surface area contributed by atoms with Crippen LogP contribution in [0.5, 0.6) is 11.6 Å². The second kappa shape index (κ2) is 14.3. The second-order valence-corrected chi connectivity index (χ2v) is 12.9. The highest BCUT2D eigenvalue weighted by atomic mass is 19.1. The summed E-state index contributed by atoms with van der Waals surface area (Å²) in [7, 11) is 3.96. The number of carbonyl (C=O) groups excluding carboxylic acids is 1. The highest BCUT2D eigenvalue weighted by Crippen LogP contribution is 2.44. The molecule has 2 aliphatic rings. The van der Waals surface area contributed by atoms with Gasteiger partial charge in [0.05, 0.1) is 11.7 Å². The quantitative estimate of drug-likeness (QED) is 0.310. The van der Waals surface area contributed by atoms with Crippen LogP contribution >= 0.6 is 0 Å². The molecule has 0 saturated carbocycles. The van der Waals surface area contributed by atoms with Crippen molar-refractivity contribution in [2.24, 2.45) is 11.3 Å². The van der Waals surface area contributed by atoms with Crippen molar-refractivity contribution in [3.63, 3.8) is 0 Å². The fraction of sp³-hybridized carbons (Fsp3) is 0.688. The molecule has 2 atom stereocenters. The van der Waals surface area contributed by atoms with Gasteiger partial charge in [-0.25, -0.2) is 9.37 Å². The number of halogens is 1. The van der Waals surface area contributed by atoms with Crippen LogP contribution < -0.4 is 9.64 Å². The molecule has 10 nitrogen and oxygen atoms in total. The molecule has 1 spiro atoms. The van der Waals surface area contributed by atoms with Crippen LogP contribution in [0.4, 0.5) is 10.2 Å². The molecule has 0 radical (unpaired) electrons. The number of amides is 1. The van der Waals surface area contributed by atoms with Gasteiger partial charge in [-0.05, 0) is 71.3 Å². The first kappa shape index (κ1) is 33.0. The third-order valence-corrected chi connectivity index (χ3v) is 9.12. The van der Waals surface area contributed by atoms with E-state index in [4.69, 9.17) is 9.47 Å². The minimum Gasteiger partial charge on any atom is -0.434 e. The van der Waals surface area contributed by atoms with E-state index in [1.165, 1.54) is 24.5 Å². The Morgan fingerprint density at radius 1 is 1.14 bits per heavy atom. The summed E-state index contributed by atoms with van der Waals surface area (Å²) in [6.45, 7) is 18.7. The highest BCUT2D eigenvalue weighted by Gasteiger charge is 2.50. The fourth-order valence-corrected chi connectivity index (χ4v) is 6.56. The number of hydrogen-bond donors (Lipinski definition) is 0. The number of likely N-dealkylation sites (tertiary alicyclic amines) is 1. The molecule has 0 N–H and O–H groups in total. The van der Waals surface area contributed by atoms with Gasteiger partial charge in [-0.1, -0.05) is 20.8 Å². The number of methoxy groups -OCH3 is 1. The SMILES string of the molecule is CCN(C)C[C@@H](C[C@H](C(C)C)N1CC2(CCN(c3ncnnc3Oc3ccc(F)cc3C(=O)N(CC)C(C)C)C2)C1)OC. The summed E-state index contributed by atoms with van der Waals surface area (Å²) in [5.74, 6) is 0.768.